The maximum atomic E-state index is 14.1. The molecule has 1 saturated heterocycles. The molecule has 194 valence electrons. The van der Waals surface area contributed by atoms with Crippen LogP contribution in [0.25, 0.3) is 10.8 Å². The summed E-state index contributed by atoms with van der Waals surface area (Å²) in [4.78, 5) is 38.5. The van der Waals surface area contributed by atoms with Crippen molar-refractivity contribution in [3.8, 4) is 0 Å². The van der Waals surface area contributed by atoms with Crippen molar-refractivity contribution in [3.05, 3.63) is 82.6 Å². The lowest BCUT2D eigenvalue weighted by Gasteiger charge is -2.37. The predicted octanol–water partition coefficient (Wildman–Crippen LogP) is 2.89. The highest BCUT2D eigenvalue weighted by atomic mass is 35.5. The van der Waals surface area contributed by atoms with Crippen LogP contribution in [0.2, 0.25) is 5.02 Å². The fraction of sp³-hybridized carbons (Fsp3) is 0.321. The number of carbonyl (C=O) groups excluding carboxylic acids is 3. The Labute approximate surface area is 220 Å². The topological polar surface area (TPSA) is 99.3 Å². The number of amides is 3. The Morgan fingerprint density at radius 1 is 0.865 bits per heavy atom. The molecule has 0 saturated carbocycles. The Morgan fingerprint density at radius 2 is 1.57 bits per heavy atom. The van der Waals surface area contributed by atoms with Gasteiger partial charge in [0.05, 0.1) is 12.8 Å². The van der Waals surface area contributed by atoms with E-state index in [0.717, 1.165) is 16.3 Å². The minimum absolute atomic E-state index is 0.0973. The van der Waals surface area contributed by atoms with Crippen LogP contribution in [-0.4, -0.2) is 49.4 Å². The molecule has 4 rings (SSSR count). The van der Waals surface area contributed by atoms with Crippen molar-refractivity contribution in [1.82, 2.24) is 21.3 Å². The number of nitrogens with one attached hydrogen (secondary N) is 4. The second-order valence-electron chi connectivity index (χ2n) is 9.18. The lowest BCUT2D eigenvalue weighted by molar-refractivity contribution is -0.134. The molecule has 0 atom stereocenters. The van der Waals surface area contributed by atoms with Gasteiger partial charge < -0.3 is 21.3 Å². The van der Waals surface area contributed by atoms with Crippen molar-refractivity contribution in [1.29, 1.82) is 0 Å². The van der Waals surface area contributed by atoms with Crippen LogP contribution < -0.4 is 21.3 Å². The van der Waals surface area contributed by atoms with Crippen LogP contribution in [-0.2, 0) is 27.2 Å². The molecule has 0 spiro atoms. The first-order chi connectivity index (χ1) is 17.9. The highest BCUT2D eigenvalue weighted by Crippen LogP contribution is 2.22. The van der Waals surface area contributed by atoms with Gasteiger partial charge in [0.1, 0.15) is 11.4 Å². The molecular weight excluding hydrogens is 495 g/mol. The van der Waals surface area contributed by atoms with Crippen molar-refractivity contribution in [2.75, 3.05) is 26.2 Å². The van der Waals surface area contributed by atoms with Crippen molar-refractivity contribution in [2.45, 2.75) is 31.2 Å². The Balaban J connectivity index is 1.30. The number of halogens is 2. The number of carbonyl (C=O) groups is 3. The second kappa shape index (κ2) is 12.2. The summed E-state index contributed by atoms with van der Waals surface area (Å²) < 4.78 is 14.1. The quantitative estimate of drug-likeness (QED) is 0.323. The number of benzene rings is 3. The number of piperidine rings is 1. The van der Waals surface area contributed by atoms with Crippen LogP contribution >= 0.6 is 11.6 Å². The lowest BCUT2D eigenvalue weighted by atomic mass is 9.86. The van der Waals surface area contributed by atoms with Crippen molar-refractivity contribution >= 4 is 40.1 Å². The average Bonchev–Trinajstić information content (AvgIpc) is 2.89. The molecule has 4 N–H and O–H groups in total. The number of rotatable bonds is 9. The monoisotopic (exact) mass is 524 g/mol. The minimum atomic E-state index is -1.12. The van der Waals surface area contributed by atoms with Crippen molar-refractivity contribution < 1.29 is 18.8 Å². The Hall–Kier alpha value is -3.49. The number of hydrogen-bond donors (Lipinski definition) is 4. The molecule has 0 aromatic heterocycles. The number of fused-ring (bicyclic) bond motifs is 1. The van der Waals surface area contributed by atoms with E-state index in [4.69, 9.17) is 11.6 Å². The molecule has 0 radical (unpaired) electrons. The summed E-state index contributed by atoms with van der Waals surface area (Å²) in [6.07, 6.45) is 0.754. The van der Waals surface area contributed by atoms with Gasteiger partial charge in [-0.2, -0.15) is 0 Å². The zero-order valence-electron chi connectivity index (χ0n) is 20.4. The standard InChI is InChI=1S/C28H30ClFN4O3/c29-23-9-4-10-24(30)22(23)18-26(36)34-28(11-13-31-14-12-28)27(37)33-16-15-32-25(35)17-20-7-3-6-19-5-1-2-8-21(19)20/h1-10,31H,11-18H2,(H,32,35)(H,33,37)(H,34,36). The maximum absolute atomic E-state index is 14.1. The van der Waals surface area contributed by atoms with Gasteiger partial charge in [0, 0.05) is 23.7 Å². The van der Waals surface area contributed by atoms with E-state index in [-0.39, 0.29) is 48.3 Å². The summed E-state index contributed by atoms with van der Waals surface area (Å²) >= 11 is 6.06. The van der Waals surface area contributed by atoms with E-state index in [0.29, 0.717) is 25.9 Å². The molecule has 1 aliphatic rings. The van der Waals surface area contributed by atoms with Crippen LogP contribution in [0.3, 0.4) is 0 Å². The molecule has 7 nitrogen and oxygen atoms in total. The Kier molecular flexibility index (Phi) is 8.74. The molecule has 3 amide bonds. The first kappa shape index (κ1) is 26.6. The molecular formula is C28H30ClFN4O3. The van der Waals surface area contributed by atoms with Crippen LogP contribution in [0.15, 0.2) is 60.7 Å². The molecule has 0 bridgehead atoms. The maximum Gasteiger partial charge on any atom is 0.245 e. The molecule has 0 aliphatic carbocycles. The number of hydrogen-bond acceptors (Lipinski definition) is 4. The third kappa shape index (κ3) is 6.64. The fourth-order valence-corrected chi connectivity index (χ4v) is 4.89. The molecule has 3 aromatic carbocycles. The van der Waals surface area contributed by atoms with Gasteiger partial charge in [-0.05, 0) is 54.4 Å². The SMILES string of the molecule is O=C(Cc1cccc2ccccc12)NCCNC(=O)C1(NC(=O)Cc2c(F)cccc2Cl)CCNCC1. The Morgan fingerprint density at radius 3 is 2.35 bits per heavy atom. The summed E-state index contributed by atoms with van der Waals surface area (Å²) in [6.45, 7) is 1.57. The third-order valence-electron chi connectivity index (χ3n) is 6.63. The van der Waals surface area contributed by atoms with Gasteiger partial charge in [0.25, 0.3) is 0 Å². The smallest absolute Gasteiger partial charge is 0.245 e. The largest absolute Gasteiger partial charge is 0.354 e. The van der Waals surface area contributed by atoms with Gasteiger partial charge in [-0.1, -0.05) is 60.1 Å². The van der Waals surface area contributed by atoms with E-state index in [1.807, 2.05) is 42.5 Å². The summed E-state index contributed by atoms with van der Waals surface area (Å²) in [5, 5.41) is 14.0. The molecule has 3 aromatic rings. The van der Waals surface area contributed by atoms with Crippen LogP contribution in [0.1, 0.15) is 24.0 Å². The molecule has 37 heavy (non-hydrogen) atoms. The first-order valence-corrected chi connectivity index (χ1v) is 12.7. The fourth-order valence-electron chi connectivity index (χ4n) is 4.66. The van der Waals surface area contributed by atoms with E-state index >= 15 is 0 Å². The van der Waals surface area contributed by atoms with Gasteiger partial charge >= 0.3 is 0 Å². The van der Waals surface area contributed by atoms with Gasteiger partial charge in [0.15, 0.2) is 0 Å². The summed E-state index contributed by atoms with van der Waals surface area (Å²) in [5.74, 6) is -1.51. The molecule has 1 aliphatic heterocycles. The van der Waals surface area contributed by atoms with Gasteiger partial charge in [0.2, 0.25) is 17.7 Å². The molecule has 0 unspecified atom stereocenters. The van der Waals surface area contributed by atoms with E-state index < -0.39 is 17.3 Å². The van der Waals surface area contributed by atoms with E-state index in [2.05, 4.69) is 21.3 Å². The first-order valence-electron chi connectivity index (χ1n) is 12.3. The van der Waals surface area contributed by atoms with E-state index in [9.17, 15) is 18.8 Å². The highest BCUT2D eigenvalue weighted by Gasteiger charge is 2.40. The van der Waals surface area contributed by atoms with E-state index in [1.54, 1.807) is 0 Å². The molecule has 9 heteroatoms. The molecule has 1 fully saturated rings. The highest BCUT2D eigenvalue weighted by molar-refractivity contribution is 6.31. The van der Waals surface area contributed by atoms with Gasteiger partial charge in [-0.15, -0.1) is 0 Å². The van der Waals surface area contributed by atoms with Crippen LogP contribution in [0.4, 0.5) is 4.39 Å². The third-order valence-corrected chi connectivity index (χ3v) is 6.99. The summed E-state index contributed by atoms with van der Waals surface area (Å²) in [7, 11) is 0. The zero-order valence-corrected chi connectivity index (χ0v) is 21.2. The lowest BCUT2D eigenvalue weighted by Crippen LogP contribution is -2.63. The Bertz CT molecular complexity index is 1270. The normalized spacial score (nSPS) is 14.6. The van der Waals surface area contributed by atoms with Crippen LogP contribution in [0.5, 0.6) is 0 Å². The summed E-state index contributed by atoms with van der Waals surface area (Å²) in [5.41, 5.74) is -0.0847. The minimum Gasteiger partial charge on any atom is -0.354 e. The van der Waals surface area contributed by atoms with Crippen molar-refractivity contribution in [3.63, 3.8) is 0 Å². The second-order valence-corrected chi connectivity index (χ2v) is 9.59. The van der Waals surface area contributed by atoms with Crippen molar-refractivity contribution in [2.24, 2.45) is 0 Å². The predicted molar refractivity (Wildman–Crippen MR) is 142 cm³/mol. The van der Waals surface area contributed by atoms with Gasteiger partial charge in [-0.3, -0.25) is 14.4 Å². The summed E-state index contributed by atoms with van der Waals surface area (Å²) in [6, 6.07) is 18.0. The van der Waals surface area contributed by atoms with E-state index in [1.165, 1.54) is 18.2 Å². The molecule has 1 heterocycles. The zero-order chi connectivity index (χ0) is 26.3. The van der Waals surface area contributed by atoms with Gasteiger partial charge in [-0.25, -0.2) is 4.39 Å². The van der Waals surface area contributed by atoms with Crippen LogP contribution in [0, 0.1) is 5.82 Å². The average molecular weight is 525 g/mol.